The van der Waals surface area contributed by atoms with Gasteiger partial charge in [0.2, 0.25) is 5.91 Å². The molecule has 1 unspecified atom stereocenters. The van der Waals surface area contributed by atoms with E-state index in [1.165, 1.54) is 0 Å². The number of carbonyl (C=O) groups excluding carboxylic acids is 1. The molecular formula is C13H24ClN5O2. The molecule has 1 aliphatic rings. The number of halogens is 1. The molecule has 0 radical (unpaired) electrons. The maximum Gasteiger partial charge on any atom is 0.241 e. The molecule has 2 N–H and O–H groups in total. The molecule has 120 valence electrons. The van der Waals surface area contributed by atoms with Crippen molar-refractivity contribution in [2.75, 3.05) is 39.9 Å². The van der Waals surface area contributed by atoms with Crippen molar-refractivity contribution in [2.24, 2.45) is 12.8 Å². The Kier molecular flexibility index (Phi) is 7.10. The molecule has 8 heteroatoms. The first-order chi connectivity index (χ1) is 9.61. The van der Waals surface area contributed by atoms with Crippen LogP contribution in [0.15, 0.2) is 12.4 Å². The zero-order chi connectivity index (χ0) is 14.5. The Bertz CT molecular complexity index is 446. The molecule has 0 aromatic carbocycles. The molecule has 7 nitrogen and oxygen atoms in total. The second kappa shape index (κ2) is 8.33. The van der Waals surface area contributed by atoms with Crippen LogP contribution in [0.2, 0.25) is 0 Å². The third-order valence-electron chi connectivity index (χ3n) is 3.63. The predicted octanol–water partition coefficient (Wildman–Crippen LogP) is -0.540. The zero-order valence-corrected chi connectivity index (χ0v) is 13.4. The normalized spacial score (nSPS) is 17.4. The lowest BCUT2D eigenvalue weighted by atomic mass is 10.2. The molecule has 1 aromatic heterocycles. The van der Waals surface area contributed by atoms with Crippen LogP contribution in [0, 0.1) is 0 Å². The van der Waals surface area contributed by atoms with Gasteiger partial charge in [0, 0.05) is 52.7 Å². The Balaban J connectivity index is 0.00000220. The maximum atomic E-state index is 12.1. The first kappa shape index (κ1) is 17.9. The van der Waals surface area contributed by atoms with Gasteiger partial charge in [-0.15, -0.1) is 12.4 Å². The van der Waals surface area contributed by atoms with E-state index in [0.29, 0.717) is 13.1 Å². The van der Waals surface area contributed by atoms with Crippen LogP contribution in [0.4, 0.5) is 0 Å². The number of aryl methyl sites for hydroxylation is 1. The molecule has 21 heavy (non-hydrogen) atoms. The van der Waals surface area contributed by atoms with E-state index in [1.54, 1.807) is 13.3 Å². The molecule has 0 saturated carbocycles. The Labute approximate surface area is 131 Å². The van der Waals surface area contributed by atoms with Gasteiger partial charge in [-0.2, -0.15) is 0 Å². The topological polar surface area (TPSA) is 76.6 Å². The van der Waals surface area contributed by atoms with Crippen molar-refractivity contribution < 1.29 is 9.53 Å². The summed E-state index contributed by atoms with van der Waals surface area (Å²) in [5, 5.41) is 0. The number of methoxy groups -OCH3 is 1. The lowest BCUT2D eigenvalue weighted by molar-refractivity contribution is -0.135. The second-order valence-corrected chi connectivity index (χ2v) is 5.12. The predicted molar refractivity (Wildman–Crippen MR) is 82.2 cm³/mol. The van der Waals surface area contributed by atoms with Crippen LogP contribution >= 0.6 is 12.4 Å². The highest BCUT2D eigenvalue weighted by molar-refractivity contribution is 5.85. The van der Waals surface area contributed by atoms with Gasteiger partial charge in [-0.25, -0.2) is 4.98 Å². The van der Waals surface area contributed by atoms with Crippen LogP contribution in [0.25, 0.3) is 0 Å². The number of carbonyl (C=O) groups is 1. The second-order valence-electron chi connectivity index (χ2n) is 5.12. The summed E-state index contributed by atoms with van der Waals surface area (Å²) in [6, 6.07) is -0.555. The molecule has 1 saturated heterocycles. The van der Waals surface area contributed by atoms with E-state index >= 15 is 0 Å². The van der Waals surface area contributed by atoms with Crippen molar-refractivity contribution in [3.63, 3.8) is 0 Å². The fourth-order valence-electron chi connectivity index (χ4n) is 2.36. The molecule has 1 fully saturated rings. The van der Waals surface area contributed by atoms with Crippen LogP contribution in [-0.4, -0.2) is 71.2 Å². The highest BCUT2D eigenvalue weighted by Crippen LogP contribution is 2.07. The van der Waals surface area contributed by atoms with Crippen molar-refractivity contribution in [3.8, 4) is 0 Å². The standard InChI is InChI=1S/C13H23N5O2.ClH/c1-16-4-3-15-12(16)9-17-5-7-18(8-6-17)13(19)11(14)10-20-2;/h3-4,11H,5-10,14H2,1-2H3;1H. The van der Waals surface area contributed by atoms with E-state index in [2.05, 4.69) is 9.88 Å². The number of hydrogen-bond acceptors (Lipinski definition) is 5. The Morgan fingerprint density at radius 2 is 2.10 bits per heavy atom. The number of nitrogens with zero attached hydrogens (tertiary/aromatic N) is 4. The fourth-order valence-corrected chi connectivity index (χ4v) is 2.36. The van der Waals surface area contributed by atoms with Crippen LogP contribution in [0.1, 0.15) is 5.82 Å². The van der Waals surface area contributed by atoms with Gasteiger partial charge < -0.3 is 19.9 Å². The Hall–Kier alpha value is -1.15. The average Bonchev–Trinajstić information content (AvgIpc) is 2.85. The van der Waals surface area contributed by atoms with E-state index in [1.807, 2.05) is 22.7 Å². The quantitative estimate of drug-likeness (QED) is 0.789. The monoisotopic (exact) mass is 317 g/mol. The number of nitrogens with two attached hydrogens (primary N) is 1. The molecule has 2 heterocycles. The molecule has 1 amide bonds. The first-order valence-corrected chi connectivity index (χ1v) is 6.83. The van der Waals surface area contributed by atoms with Gasteiger partial charge in [-0.3, -0.25) is 9.69 Å². The third-order valence-corrected chi connectivity index (χ3v) is 3.63. The highest BCUT2D eigenvalue weighted by atomic mass is 35.5. The minimum Gasteiger partial charge on any atom is -0.383 e. The van der Waals surface area contributed by atoms with E-state index < -0.39 is 6.04 Å². The highest BCUT2D eigenvalue weighted by Gasteiger charge is 2.25. The van der Waals surface area contributed by atoms with E-state index in [9.17, 15) is 4.79 Å². The number of rotatable bonds is 5. The summed E-state index contributed by atoms with van der Waals surface area (Å²) in [7, 11) is 3.55. The summed E-state index contributed by atoms with van der Waals surface area (Å²) in [5.41, 5.74) is 5.78. The van der Waals surface area contributed by atoms with Gasteiger partial charge in [0.05, 0.1) is 13.2 Å². The summed E-state index contributed by atoms with van der Waals surface area (Å²) in [5.74, 6) is 1.02. The van der Waals surface area contributed by atoms with Crippen LogP contribution < -0.4 is 5.73 Å². The Morgan fingerprint density at radius 1 is 1.43 bits per heavy atom. The minimum absolute atomic E-state index is 0. The van der Waals surface area contributed by atoms with E-state index in [0.717, 1.165) is 25.5 Å². The molecule has 2 rings (SSSR count). The third kappa shape index (κ3) is 4.67. The molecular weight excluding hydrogens is 294 g/mol. The number of aromatic nitrogens is 2. The van der Waals surface area contributed by atoms with Crippen LogP contribution in [-0.2, 0) is 23.1 Å². The van der Waals surface area contributed by atoms with Crippen molar-refractivity contribution in [3.05, 3.63) is 18.2 Å². The maximum absolute atomic E-state index is 12.1. The summed E-state index contributed by atoms with van der Waals surface area (Å²) in [4.78, 5) is 20.5. The molecule has 1 aliphatic heterocycles. The summed E-state index contributed by atoms with van der Waals surface area (Å²) >= 11 is 0. The zero-order valence-electron chi connectivity index (χ0n) is 12.6. The van der Waals surface area contributed by atoms with Gasteiger partial charge in [0.25, 0.3) is 0 Å². The van der Waals surface area contributed by atoms with E-state index in [4.69, 9.17) is 10.5 Å². The van der Waals surface area contributed by atoms with Gasteiger partial charge in [-0.1, -0.05) is 0 Å². The summed E-state index contributed by atoms with van der Waals surface area (Å²) < 4.78 is 6.95. The summed E-state index contributed by atoms with van der Waals surface area (Å²) in [6.07, 6.45) is 3.75. The Morgan fingerprint density at radius 3 is 2.62 bits per heavy atom. The minimum atomic E-state index is -0.555. The molecule has 1 atom stereocenters. The van der Waals surface area contributed by atoms with Crippen LogP contribution in [0.3, 0.4) is 0 Å². The summed E-state index contributed by atoms with van der Waals surface area (Å²) in [6.45, 7) is 4.19. The fraction of sp³-hybridized carbons (Fsp3) is 0.692. The van der Waals surface area contributed by atoms with Gasteiger partial charge >= 0.3 is 0 Å². The molecule has 0 bridgehead atoms. The average molecular weight is 318 g/mol. The van der Waals surface area contributed by atoms with Crippen molar-refractivity contribution in [2.45, 2.75) is 12.6 Å². The number of piperazine rings is 1. The van der Waals surface area contributed by atoms with E-state index in [-0.39, 0.29) is 24.9 Å². The van der Waals surface area contributed by atoms with Gasteiger partial charge in [0.1, 0.15) is 11.9 Å². The molecule has 1 aromatic rings. The number of hydrogen-bond donors (Lipinski definition) is 1. The SMILES string of the molecule is COCC(N)C(=O)N1CCN(Cc2nccn2C)CC1.Cl. The van der Waals surface area contributed by atoms with Crippen LogP contribution in [0.5, 0.6) is 0 Å². The molecule has 0 spiro atoms. The van der Waals surface area contributed by atoms with Crippen molar-refractivity contribution in [1.82, 2.24) is 19.4 Å². The van der Waals surface area contributed by atoms with Crippen molar-refractivity contribution >= 4 is 18.3 Å². The van der Waals surface area contributed by atoms with Gasteiger partial charge in [0.15, 0.2) is 0 Å². The smallest absolute Gasteiger partial charge is 0.241 e. The number of ether oxygens (including phenoxy) is 1. The lowest BCUT2D eigenvalue weighted by Crippen LogP contribution is -2.54. The van der Waals surface area contributed by atoms with Gasteiger partial charge in [-0.05, 0) is 0 Å². The lowest BCUT2D eigenvalue weighted by Gasteiger charge is -2.35. The largest absolute Gasteiger partial charge is 0.383 e. The first-order valence-electron chi connectivity index (χ1n) is 6.83. The number of amides is 1. The van der Waals surface area contributed by atoms with Crippen molar-refractivity contribution in [1.29, 1.82) is 0 Å². The number of imidazole rings is 1. The molecule has 0 aliphatic carbocycles.